The fourth-order valence-corrected chi connectivity index (χ4v) is 2.43. The van der Waals surface area contributed by atoms with Crippen molar-refractivity contribution in [3.8, 4) is 0 Å². The molecule has 0 aliphatic heterocycles. The van der Waals surface area contributed by atoms with Crippen LogP contribution in [0.1, 0.15) is 27.3 Å². The molecule has 3 aromatic heterocycles. The molecule has 1 amide bonds. The molecule has 22 heavy (non-hydrogen) atoms. The quantitative estimate of drug-likeness (QED) is 0.742. The molecule has 0 unspecified atom stereocenters. The van der Waals surface area contributed by atoms with E-state index in [1.807, 2.05) is 26.0 Å². The van der Waals surface area contributed by atoms with Crippen LogP contribution in [0.15, 0.2) is 35.1 Å². The van der Waals surface area contributed by atoms with E-state index >= 15 is 0 Å². The van der Waals surface area contributed by atoms with Crippen LogP contribution in [0.2, 0.25) is 0 Å². The molecule has 112 valence electrons. The van der Waals surface area contributed by atoms with Crippen LogP contribution in [0.5, 0.6) is 0 Å². The highest BCUT2D eigenvalue weighted by Crippen LogP contribution is 2.23. The first-order chi connectivity index (χ1) is 10.6. The molecule has 0 N–H and O–H groups in total. The third-order valence-electron chi connectivity index (χ3n) is 3.49. The van der Waals surface area contributed by atoms with Crippen molar-refractivity contribution in [1.29, 1.82) is 0 Å². The standard InChI is InChI=1S/C16H16N4O2/c1-10-8-13(14-11(2)19-22-15(14)18-10)16(21)20(3)9-12-4-6-17-7-5-12/h4-8H,9H2,1-3H3. The van der Waals surface area contributed by atoms with Crippen LogP contribution >= 0.6 is 0 Å². The summed E-state index contributed by atoms with van der Waals surface area (Å²) in [5.41, 5.74) is 3.39. The van der Waals surface area contributed by atoms with Gasteiger partial charge < -0.3 is 9.42 Å². The molecule has 0 fully saturated rings. The first-order valence-corrected chi connectivity index (χ1v) is 6.94. The maximum Gasteiger partial charge on any atom is 0.258 e. The Hall–Kier alpha value is -2.76. The minimum atomic E-state index is -0.0846. The van der Waals surface area contributed by atoms with E-state index in [0.717, 1.165) is 11.3 Å². The van der Waals surface area contributed by atoms with E-state index in [9.17, 15) is 4.79 Å². The average Bonchev–Trinajstić information content (AvgIpc) is 2.88. The number of fused-ring (bicyclic) bond motifs is 1. The summed E-state index contributed by atoms with van der Waals surface area (Å²) in [7, 11) is 1.77. The number of aryl methyl sites for hydroxylation is 2. The number of hydrogen-bond acceptors (Lipinski definition) is 5. The largest absolute Gasteiger partial charge is 0.337 e. The monoisotopic (exact) mass is 296 g/mol. The Kier molecular flexibility index (Phi) is 3.58. The third kappa shape index (κ3) is 2.55. The molecule has 0 atom stereocenters. The third-order valence-corrected chi connectivity index (χ3v) is 3.49. The second kappa shape index (κ2) is 5.55. The van der Waals surface area contributed by atoms with Gasteiger partial charge in [-0.1, -0.05) is 5.16 Å². The molecule has 6 heteroatoms. The van der Waals surface area contributed by atoms with Gasteiger partial charge in [0.15, 0.2) is 0 Å². The van der Waals surface area contributed by atoms with Crippen molar-refractivity contribution >= 4 is 17.0 Å². The van der Waals surface area contributed by atoms with E-state index in [0.29, 0.717) is 28.9 Å². The molecular weight excluding hydrogens is 280 g/mol. The molecule has 0 saturated heterocycles. The lowest BCUT2D eigenvalue weighted by atomic mass is 10.1. The van der Waals surface area contributed by atoms with Crippen LogP contribution < -0.4 is 0 Å². The van der Waals surface area contributed by atoms with Gasteiger partial charge in [0.1, 0.15) is 0 Å². The lowest BCUT2D eigenvalue weighted by Gasteiger charge is -2.17. The molecule has 0 spiro atoms. The Morgan fingerprint density at radius 2 is 2.00 bits per heavy atom. The van der Waals surface area contributed by atoms with E-state index in [4.69, 9.17) is 4.52 Å². The van der Waals surface area contributed by atoms with E-state index in [2.05, 4.69) is 15.1 Å². The van der Waals surface area contributed by atoms with Crippen LogP contribution in [0.3, 0.4) is 0 Å². The van der Waals surface area contributed by atoms with Crippen molar-refractivity contribution in [2.45, 2.75) is 20.4 Å². The Bertz CT molecular complexity index is 827. The predicted octanol–water partition coefficient (Wildman–Crippen LogP) is 2.51. The molecule has 0 bridgehead atoms. The summed E-state index contributed by atoms with van der Waals surface area (Å²) in [5.74, 6) is -0.0846. The van der Waals surface area contributed by atoms with Crippen LogP contribution in [0, 0.1) is 13.8 Å². The first-order valence-electron chi connectivity index (χ1n) is 6.94. The summed E-state index contributed by atoms with van der Waals surface area (Å²) in [4.78, 5) is 22.7. The van der Waals surface area contributed by atoms with E-state index in [1.165, 1.54) is 0 Å². The molecule has 0 saturated carbocycles. The number of pyridine rings is 2. The molecule has 0 radical (unpaired) electrons. The average molecular weight is 296 g/mol. The fourth-order valence-electron chi connectivity index (χ4n) is 2.43. The molecule has 0 aromatic carbocycles. The van der Waals surface area contributed by atoms with Crippen LogP contribution in [0.4, 0.5) is 0 Å². The molecule has 3 heterocycles. The van der Waals surface area contributed by atoms with Gasteiger partial charge in [0, 0.05) is 31.7 Å². The first kappa shape index (κ1) is 14.2. The molecule has 6 nitrogen and oxygen atoms in total. The summed E-state index contributed by atoms with van der Waals surface area (Å²) in [6.07, 6.45) is 3.43. The van der Waals surface area contributed by atoms with Gasteiger partial charge >= 0.3 is 0 Å². The number of amides is 1. The smallest absolute Gasteiger partial charge is 0.258 e. The van der Waals surface area contributed by atoms with Gasteiger partial charge in [-0.3, -0.25) is 9.78 Å². The van der Waals surface area contributed by atoms with Crippen molar-refractivity contribution in [3.63, 3.8) is 0 Å². The zero-order valence-corrected chi connectivity index (χ0v) is 12.7. The second-order valence-corrected chi connectivity index (χ2v) is 5.28. The lowest BCUT2D eigenvalue weighted by Crippen LogP contribution is -2.26. The van der Waals surface area contributed by atoms with Gasteiger partial charge in [0.2, 0.25) is 0 Å². The number of rotatable bonds is 3. The van der Waals surface area contributed by atoms with Gasteiger partial charge in [-0.2, -0.15) is 0 Å². The molecular formula is C16H16N4O2. The topological polar surface area (TPSA) is 72.1 Å². The highest BCUT2D eigenvalue weighted by molar-refractivity contribution is 6.05. The molecule has 3 aromatic rings. The number of carbonyl (C=O) groups is 1. The maximum absolute atomic E-state index is 12.8. The summed E-state index contributed by atoms with van der Waals surface area (Å²) in [6.45, 7) is 4.15. The van der Waals surface area contributed by atoms with E-state index in [1.54, 1.807) is 30.4 Å². The normalized spacial score (nSPS) is 10.9. The Morgan fingerprint density at radius 3 is 2.73 bits per heavy atom. The minimum Gasteiger partial charge on any atom is -0.337 e. The van der Waals surface area contributed by atoms with Crippen LogP contribution in [-0.4, -0.2) is 33.0 Å². The summed E-state index contributed by atoms with van der Waals surface area (Å²) in [6, 6.07) is 5.56. The summed E-state index contributed by atoms with van der Waals surface area (Å²) in [5, 5.41) is 4.58. The number of aromatic nitrogens is 3. The Balaban J connectivity index is 1.96. The maximum atomic E-state index is 12.8. The van der Waals surface area contributed by atoms with Crippen molar-refractivity contribution in [1.82, 2.24) is 20.0 Å². The predicted molar refractivity (Wildman–Crippen MR) is 81.3 cm³/mol. The zero-order valence-electron chi connectivity index (χ0n) is 12.7. The van der Waals surface area contributed by atoms with Gasteiger partial charge in [-0.25, -0.2) is 4.98 Å². The van der Waals surface area contributed by atoms with Crippen molar-refractivity contribution < 1.29 is 9.32 Å². The number of carbonyl (C=O) groups excluding carboxylic acids is 1. The van der Waals surface area contributed by atoms with Crippen molar-refractivity contribution in [3.05, 3.63) is 53.1 Å². The summed E-state index contributed by atoms with van der Waals surface area (Å²) < 4.78 is 5.18. The number of nitrogens with zero attached hydrogens (tertiary/aromatic N) is 4. The van der Waals surface area contributed by atoms with E-state index < -0.39 is 0 Å². The van der Waals surface area contributed by atoms with Gasteiger partial charge in [0.25, 0.3) is 11.6 Å². The molecule has 0 aliphatic rings. The Labute approximate surface area is 127 Å². The summed E-state index contributed by atoms with van der Waals surface area (Å²) >= 11 is 0. The highest BCUT2D eigenvalue weighted by atomic mass is 16.5. The molecule has 3 rings (SSSR count). The second-order valence-electron chi connectivity index (χ2n) is 5.28. The van der Waals surface area contributed by atoms with Crippen LogP contribution in [0.25, 0.3) is 11.1 Å². The lowest BCUT2D eigenvalue weighted by molar-refractivity contribution is 0.0786. The SMILES string of the molecule is Cc1cc(C(=O)N(C)Cc2ccncc2)c2c(C)noc2n1. The van der Waals surface area contributed by atoms with Crippen molar-refractivity contribution in [2.75, 3.05) is 7.05 Å². The Morgan fingerprint density at radius 1 is 1.27 bits per heavy atom. The van der Waals surface area contributed by atoms with Crippen LogP contribution in [-0.2, 0) is 6.54 Å². The fraction of sp³-hybridized carbons (Fsp3) is 0.250. The molecule has 0 aliphatic carbocycles. The minimum absolute atomic E-state index is 0.0846. The zero-order chi connectivity index (χ0) is 15.7. The number of hydrogen-bond donors (Lipinski definition) is 0. The highest BCUT2D eigenvalue weighted by Gasteiger charge is 2.20. The van der Waals surface area contributed by atoms with E-state index in [-0.39, 0.29) is 5.91 Å². The van der Waals surface area contributed by atoms with Crippen molar-refractivity contribution in [2.24, 2.45) is 0 Å². The van der Waals surface area contributed by atoms with Gasteiger partial charge in [-0.05, 0) is 37.6 Å². The van der Waals surface area contributed by atoms with Gasteiger partial charge in [-0.15, -0.1) is 0 Å². The van der Waals surface area contributed by atoms with Gasteiger partial charge in [0.05, 0.1) is 16.6 Å².